The first-order valence-corrected chi connectivity index (χ1v) is 6.60. The maximum atomic E-state index is 13.0. The molecule has 0 aromatic heterocycles. The topological polar surface area (TPSA) is 49.6 Å². The zero-order valence-electron chi connectivity index (χ0n) is 11.2. The van der Waals surface area contributed by atoms with Gasteiger partial charge in [0.25, 0.3) is 0 Å². The Bertz CT molecular complexity index is 435. The van der Waals surface area contributed by atoms with Gasteiger partial charge in [-0.3, -0.25) is 9.69 Å². The molecule has 5 heteroatoms. The molecule has 0 aliphatic carbocycles. The Balaban J connectivity index is 2.24. The maximum Gasteiger partial charge on any atom is 0.244 e. The number of carbonyl (C=O) groups excluding carboxylic acids is 1. The molecule has 1 heterocycles. The normalized spacial score (nSPS) is 21.5. The smallest absolute Gasteiger partial charge is 0.244 e. The Morgan fingerprint density at radius 2 is 2.00 bits per heavy atom. The number of amides is 1. The molecule has 0 saturated carbocycles. The zero-order valence-corrected chi connectivity index (χ0v) is 11.2. The van der Waals surface area contributed by atoms with Gasteiger partial charge in [0.15, 0.2) is 0 Å². The lowest BCUT2D eigenvalue weighted by atomic mass is 10.1. The van der Waals surface area contributed by atoms with Gasteiger partial charge < -0.3 is 10.6 Å². The van der Waals surface area contributed by atoms with Crippen molar-refractivity contribution in [1.29, 1.82) is 0 Å². The third-order valence-corrected chi connectivity index (χ3v) is 3.55. The van der Waals surface area contributed by atoms with Crippen molar-refractivity contribution < 1.29 is 9.18 Å². The first-order chi connectivity index (χ1) is 9.13. The summed E-state index contributed by atoms with van der Waals surface area (Å²) in [5.41, 5.74) is 6.35. The second-order valence-electron chi connectivity index (χ2n) is 4.89. The molecule has 0 bridgehead atoms. The van der Waals surface area contributed by atoms with E-state index in [1.165, 1.54) is 12.1 Å². The van der Waals surface area contributed by atoms with Crippen LogP contribution in [0.5, 0.6) is 0 Å². The van der Waals surface area contributed by atoms with Crippen LogP contribution in [0.15, 0.2) is 24.3 Å². The van der Waals surface area contributed by atoms with Gasteiger partial charge in [-0.15, -0.1) is 0 Å². The summed E-state index contributed by atoms with van der Waals surface area (Å²) < 4.78 is 13.0. The highest BCUT2D eigenvalue weighted by molar-refractivity contribution is 5.97. The maximum absolute atomic E-state index is 13.0. The molecule has 1 fully saturated rings. The van der Waals surface area contributed by atoms with Gasteiger partial charge in [0.05, 0.1) is 6.04 Å². The Kier molecular flexibility index (Phi) is 4.50. The molecule has 1 saturated heterocycles. The summed E-state index contributed by atoms with van der Waals surface area (Å²) in [6.07, 6.45) is 1.55. The minimum Gasteiger partial charge on any atom is -0.330 e. The summed E-state index contributed by atoms with van der Waals surface area (Å²) in [5.74, 6) is -0.237. The highest BCUT2D eigenvalue weighted by Crippen LogP contribution is 2.21. The zero-order chi connectivity index (χ0) is 13.8. The Morgan fingerprint density at radius 3 is 2.63 bits per heavy atom. The molecular formula is C14H20FN3O. The first-order valence-electron chi connectivity index (χ1n) is 6.60. The Morgan fingerprint density at radius 1 is 1.32 bits per heavy atom. The van der Waals surface area contributed by atoms with Crippen molar-refractivity contribution in [2.45, 2.75) is 18.9 Å². The average Bonchev–Trinajstić information content (AvgIpc) is 2.53. The number of hydrogen-bond acceptors (Lipinski definition) is 3. The van der Waals surface area contributed by atoms with Gasteiger partial charge in [0.2, 0.25) is 5.91 Å². The molecule has 1 amide bonds. The van der Waals surface area contributed by atoms with Crippen molar-refractivity contribution in [1.82, 2.24) is 4.90 Å². The van der Waals surface area contributed by atoms with Crippen LogP contribution in [0.4, 0.5) is 10.1 Å². The molecule has 2 N–H and O–H groups in total. The number of likely N-dealkylation sites (N-methyl/N-ethyl adjacent to an activating group) is 1. The van der Waals surface area contributed by atoms with E-state index in [1.807, 2.05) is 7.05 Å². The van der Waals surface area contributed by atoms with Crippen LogP contribution in [-0.2, 0) is 4.79 Å². The van der Waals surface area contributed by atoms with Crippen molar-refractivity contribution in [3.63, 3.8) is 0 Å². The fourth-order valence-corrected chi connectivity index (χ4v) is 2.49. The number of anilines is 1. The van der Waals surface area contributed by atoms with Gasteiger partial charge in [-0.2, -0.15) is 0 Å². The number of rotatable bonds is 3. The second-order valence-corrected chi connectivity index (χ2v) is 4.89. The van der Waals surface area contributed by atoms with E-state index in [1.54, 1.807) is 17.0 Å². The summed E-state index contributed by atoms with van der Waals surface area (Å²) in [6.45, 7) is 2.02. The largest absolute Gasteiger partial charge is 0.330 e. The van der Waals surface area contributed by atoms with Gasteiger partial charge in [-0.25, -0.2) is 4.39 Å². The van der Waals surface area contributed by atoms with Crippen LogP contribution in [-0.4, -0.2) is 43.5 Å². The van der Waals surface area contributed by atoms with Gasteiger partial charge >= 0.3 is 0 Å². The monoisotopic (exact) mass is 265 g/mol. The van der Waals surface area contributed by atoms with Crippen LogP contribution in [0.25, 0.3) is 0 Å². The molecule has 0 radical (unpaired) electrons. The standard InChI is InChI=1S/C14H20FN3O/c1-17-9-2-10-18(14(19)13(17)7-8-16)12-5-3-11(15)4-6-12/h3-6,13H,2,7-10,16H2,1H3. The molecule has 1 aromatic rings. The van der Waals surface area contributed by atoms with Crippen LogP contribution in [0, 0.1) is 5.82 Å². The molecule has 104 valence electrons. The minimum absolute atomic E-state index is 0.0528. The number of carbonyl (C=O) groups is 1. The molecule has 1 aliphatic rings. The van der Waals surface area contributed by atoms with Crippen molar-refractivity contribution in [2.24, 2.45) is 5.73 Å². The molecule has 2 rings (SSSR count). The van der Waals surface area contributed by atoms with Gasteiger partial charge in [-0.05, 0) is 50.7 Å². The van der Waals surface area contributed by atoms with Crippen molar-refractivity contribution in [3.05, 3.63) is 30.1 Å². The van der Waals surface area contributed by atoms with E-state index in [0.29, 0.717) is 19.5 Å². The minimum atomic E-state index is -0.290. The lowest BCUT2D eigenvalue weighted by molar-refractivity contribution is -0.122. The van der Waals surface area contributed by atoms with Crippen LogP contribution in [0.1, 0.15) is 12.8 Å². The molecular weight excluding hydrogens is 245 g/mol. The summed E-state index contributed by atoms with van der Waals surface area (Å²) in [4.78, 5) is 16.4. The molecule has 1 aliphatic heterocycles. The predicted molar refractivity (Wildman–Crippen MR) is 73.5 cm³/mol. The Labute approximate surface area is 113 Å². The molecule has 0 spiro atoms. The molecule has 1 atom stereocenters. The third kappa shape index (κ3) is 3.11. The first kappa shape index (κ1) is 14.0. The van der Waals surface area contributed by atoms with Crippen molar-refractivity contribution >= 4 is 11.6 Å². The third-order valence-electron chi connectivity index (χ3n) is 3.55. The van der Waals surface area contributed by atoms with Crippen LogP contribution in [0.2, 0.25) is 0 Å². The Hall–Kier alpha value is -1.46. The molecule has 19 heavy (non-hydrogen) atoms. The summed E-state index contributed by atoms with van der Waals surface area (Å²) >= 11 is 0. The van der Waals surface area contributed by atoms with Gasteiger partial charge in [0, 0.05) is 18.8 Å². The van der Waals surface area contributed by atoms with Crippen LogP contribution >= 0.6 is 0 Å². The number of nitrogens with zero attached hydrogens (tertiary/aromatic N) is 2. The van der Waals surface area contributed by atoms with Crippen LogP contribution < -0.4 is 10.6 Å². The molecule has 1 aromatic carbocycles. The van der Waals surface area contributed by atoms with E-state index in [-0.39, 0.29) is 17.8 Å². The fourth-order valence-electron chi connectivity index (χ4n) is 2.49. The number of nitrogens with two attached hydrogens (primary N) is 1. The van der Waals surface area contributed by atoms with Crippen LogP contribution in [0.3, 0.4) is 0 Å². The number of halogens is 1. The quantitative estimate of drug-likeness (QED) is 0.893. The lowest BCUT2D eigenvalue weighted by Crippen LogP contribution is -2.45. The number of hydrogen-bond donors (Lipinski definition) is 1. The summed E-state index contributed by atoms with van der Waals surface area (Å²) in [6, 6.07) is 5.89. The van der Waals surface area contributed by atoms with E-state index in [0.717, 1.165) is 18.7 Å². The highest BCUT2D eigenvalue weighted by Gasteiger charge is 2.30. The van der Waals surface area contributed by atoms with E-state index in [9.17, 15) is 9.18 Å². The van der Waals surface area contributed by atoms with E-state index in [2.05, 4.69) is 4.90 Å². The molecule has 4 nitrogen and oxygen atoms in total. The van der Waals surface area contributed by atoms with Crippen molar-refractivity contribution in [3.8, 4) is 0 Å². The second kappa shape index (κ2) is 6.12. The molecule has 1 unspecified atom stereocenters. The SMILES string of the molecule is CN1CCCN(c2ccc(F)cc2)C(=O)C1CCN. The fraction of sp³-hybridized carbons (Fsp3) is 0.500. The van der Waals surface area contributed by atoms with E-state index >= 15 is 0 Å². The summed E-state index contributed by atoms with van der Waals surface area (Å²) in [7, 11) is 1.95. The van der Waals surface area contributed by atoms with Gasteiger partial charge in [-0.1, -0.05) is 0 Å². The van der Waals surface area contributed by atoms with Gasteiger partial charge in [0.1, 0.15) is 5.82 Å². The summed E-state index contributed by atoms with van der Waals surface area (Å²) in [5, 5.41) is 0. The predicted octanol–water partition coefficient (Wildman–Crippen LogP) is 1.21. The number of benzene rings is 1. The highest BCUT2D eigenvalue weighted by atomic mass is 19.1. The van der Waals surface area contributed by atoms with E-state index < -0.39 is 0 Å². The lowest BCUT2D eigenvalue weighted by Gasteiger charge is -2.27. The van der Waals surface area contributed by atoms with Crippen molar-refractivity contribution in [2.75, 3.05) is 31.6 Å². The van der Waals surface area contributed by atoms with E-state index in [4.69, 9.17) is 5.73 Å². The average molecular weight is 265 g/mol.